The summed E-state index contributed by atoms with van der Waals surface area (Å²) in [4.78, 5) is 0. The number of benzene rings is 1. The quantitative estimate of drug-likeness (QED) is 0.629. The van der Waals surface area contributed by atoms with Gasteiger partial charge in [-0.05, 0) is 36.8 Å². The Bertz CT molecular complexity index is 408. The van der Waals surface area contributed by atoms with E-state index in [4.69, 9.17) is 15.3 Å². The molecular weight excluding hydrogens is 247 g/mol. The fraction of sp³-hybridized carbons (Fsp3) is 0.571. The van der Waals surface area contributed by atoms with Crippen LogP contribution in [0.3, 0.4) is 0 Å². The second-order valence-electron chi connectivity index (χ2n) is 4.86. The van der Waals surface area contributed by atoms with Gasteiger partial charge in [0, 0.05) is 19.3 Å². The molecule has 106 valence electrons. The van der Waals surface area contributed by atoms with Crippen molar-refractivity contribution in [3.8, 4) is 5.75 Å². The minimum Gasteiger partial charge on any atom is -0.494 e. The summed E-state index contributed by atoms with van der Waals surface area (Å²) >= 11 is 0. The largest absolute Gasteiger partial charge is 0.494 e. The van der Waals surface area contributed by atoms with Crippen LogP contribution in [-0.4, -0.2) is 26.4 Å². The summed E-state index contributed by atoms with van der Waals surface area (Å²) < 4.78 is 24.5. The molecule has 1 aliphatic heterocycles. The predicted molar refractivity (Wildman–Crippen MR) is 71.3 cm³/mol. The van der Waals surface area contributed by atoms with Gasteiger partial charge < -0.3 is 9.47 Å². The van der Waals surface area contributed by atoms with E-state index in [1.807, 2.05) is 0 Å². The van der Waals surface area contributed by atoms with Crippen LogP contribution in [0.4, 0.5) is 4.39 Å². The first-order valence-corrected chi connectivity index (χ1v) is 6.61. The molecule has 1 aromatic rings. The minimum atomic E-state index is -0.294. The Labute approximate surface area is 113 Å². The number of nitrogens with one attached hydrogen (secondary N) is 1. The zero-order valence-electron chi connectivity index (χ0n) is 11.2. The van der Waals surface area contributed by atoms with Crippen molar-refractivity contribution < 1.29 is 13.9 Å². The lowest BCUT2D eigenvalue weighted by molar-refractivity contribution is 0.0536. The molecule has 0 aromatic heterocycles. The molecule has 2 rings (SSSR count). The highest BCUT2D eigenvalue weighted by atomic mass is 19.1. The van der Waals surface area contributed by atoms with Crippen molar-refractivity contribution in [3.05, 3.63) is 29.6 Å². The van der Waals surface area contributed by atoms with Crippen LogP contribution < -0.4 is 16.0 Å². The number of ether oxygens (including phenoxy) is 2. The summed E-state index contributed by atoms with van der Waals surface area (Å²) in [6, 6.07) is 5.26. The van der Waals surface area contributed by atoms with E-state index in [2.05, 4.69) is 5.43 Å². The monoisotopic (exact) mass is 268 g/mol. The van der Waals surface area contributed by atoms with Crippen molar-refractivity contribution in [2.75, 3.05) is 20.3 Å². The number of hydrogen-bond acceptors (Lipinski definition) is 4. The molecule has 5 heteroatoms. The number of rotatable bonds is 5. The van der Waals surface area contributed by atoms with Gasteiger partial charge in [-0.3, -0.25) is 11.3 Å². The first kappa shape index (κ1) is 14.2. The maximum absolute atomic E-state index is 14.1. The average molecular weight is 268 g/mol. The molecule has 0 amide bonds. The second kappa shape index (κ2) is 6.84. The summed E-state index contributed by atoms with van der Waals surface area (Å²) in [6.07, 6.45) is 2.48. The molecule has 1 fully saturated rings. The topological polar surface area (TPSA) is 56.5 Å². The second-order valence-corrected chi connectivity index (χ2v) is 4.86. The fourth-order valence-electron chi connectivity index (χ4n) is 2.59. The summed E-state index contributed by atoms with van der Waals surface area (Å²) in [5, 5.41) is 0. The van der Waals surface area contributed by atoms with Crippen LogP contribution in [0, 0.1) is 11.7 Å². The van der Waals surface area contributed by atoms with E-state index in [1.54, 1.807) is 18.2 Å². The Balaban J connectivity index is 2.09. The van der Waals surface area contributed by atoms with E-state index in [-0.39, 0.29) is 17.6 Å². The molecule has 0 aliphatic carbocycles. The number of hydrogen-bond donors (Lipinski definition) is 2. The molecule has 0 bridgehead atoms. The molecule has 1 saturated heterocycles. The molecular formula is C14H21FN2O2. The SMILES string of the molecule is COc1cccc(CC(NN)C2CCOCC2)c1F. The number of methoxy groups -OCH3 is 1. The van der Waals surface area contributed by atoms with Crippen LogP contribution in [0.5, 0.6) is 5.75 Å². The van der Waals surface area contributed by atoms with Crippen LogP contribution >= 0.6 is 0 Å². The molecule has 1 atom stereocenters. The number of halogens is 1. The highest BCUT2D eigenvalue weighted by molar-refractivity contribution is 5.31. The predicted octanol–water partition coefficient (Wildman–Crippen LogP) is 1.64. The van der Waals surface area contributed by atoms with E-state index in [0.29, 0.717) is 17.9 Å². The van der Waals surface area contributed by atoms with Crippen molar-refractivity contribution in [2.24, 2.45) is 11.8 Å². The first-order valence-electron chi connectivity index (χ1n) is 6.61. The fourth-order valence-corrected chi connectivity index (χ4v) is 2.59. The van der Waals surface area contributed by atoms with Crippen LogP contribution in [0.15, 0.2) is 18.2 Å². The van der Waals surface area contributed by atoms with E-state index >= 15 is 0 Å². The van der Waals surface area contributed by atoms with E-state index in [1.165, 1.54) is 7.11 Å². The molecule has 4 nitrogen and oxygen atoms in total. The standard InChI is InChI=1S/C14H21FN2O2/c1-18-13-4-2-3-11(14(13)15)9-12(17-16)10-5-7-19-8-6-10/h2-4,10,12,17H,5-9,16H2,1H3. The van der Waals surface area contributed by atoms with Gasteiger partial charge in [0.15, 0.2) is 11.6 Å². The average Bonchev–Trinajstić information content (AvgIpc) is 2.47. The van der Waals surface area contributed by atoms with E-state index in [0.717, 1.165) is 26.1 Å². The Morgan fingerprint density at radius 2 is 2.21 bits per heavy atom. The molecule has 0 saturated carbocycles. The van der Waals surface area contributed by atoms with Crippen molar-refractivity contribution >= 4 is 0 Å². The van der Waals surface area contributed by atoms with Crippen molar-refractivity contribution in [2.45, 2.75) is 25.3 Å². The molecule has 1 unspecified atom stereocenters. The third-order valence-electron chi connectivity index (χ3n) is 3.75. The molecule has 0 radical (unpaired) electrons. The van der Waals surface area contributed by atoms with Crippen LogP contribution in [-0.2, 0) is 11.2 Å². The van der Waals surface area contributed by atoms with Crippen LogP contribution in [0.25, 0.3) is 0 Å². The van der Waals surface area contributed by atoms with Gasteiger partial charge in [-0.25, -0.2) is 4.39 Å². The Hall–Kier alpha value is -1.17. The highest BCUT2D eigenvalue weighted by Crippen LogP contribution is 2.25. The van der Waals surface area contributed by atoms with Crippen molar-refractivity contribution in [1.82, 2.24) is 5.43 Å². The minimum absolute atomic E-state index is 0.0607. The summed E-state index contributed by atoms with van der Waals surface area (Å²) in [5.74, 6) is 6.03. The van der Waals surface area contributed by atoms with E-state index in [9.17, 15) is 4.39 Å². The van der Waals surface area contributed by atoms with Crippen molar-refractivity contribution in [1.29, 1.82) is 0 Å². The maximum Gasteiger partial charge on any atom is 0.168 e. The first-order chi connectivity index (χ1) is 9.26. The van der Waals surface area contributed by atoms with Gasteiger partial charge in [0.1, 0.15) is 0 Å². The van der Waals surface area contributed by atoms with Gasteiger partial charge in [-0.15, -0.1) is 0 Å². The van der Waals surface area contributed by atoms with Gasteiger partial charge in [0.25, 0.3) is 0 Å². The van der Waals surface area contributed by atoms with Crippen LogP contribution in [0.2, 0.25) is 0 Å². The maximum atomic E-state index is 14.1. The van der Waals surface area contributed by atoms with Gasteiger partial charge in [-0.1, -0.05) is 12.1 Å². The molecule has 3 N–H and O–H groups in total. The lowest BCUT2D eigenvalue weighted by atomic mass is 9.88. The van der Waals surface area contributed by atoms with E-state index < -0.39 is 0 Å². The summed E-state index contributed by atoms with van der Waals surface area (Å²) in [6.45, 7) is 1.51. The smallest absolute Gasteiger partial charge is 0.168 e. The van der Waals surface area contributed by atoms with Crippen molar-refractivity contribution in [3.63, 3.8) is 0 Å². The third kappa shape index (κ3) is 3.43. The molecule has 19 heavy (non-hydrogen) atoms. The number of nitrogens with two attached hydrogens (primary N) is 1. The normalized spacial score (nSPS) is 18.3. The Kier molecular flexibility index (Phi) is 5.13. The zero-order valence-corrected chi connectivity index (χ0v) is 11.2. The summed E-state index contributed by atoms with van der Waals surface area (Å²) in [5.41, 5.74) is 3.46. The highest BCUT2D eigenvalue weighted by Gasteiger charge is 2.24. The zero-order chi connectivity index (χ0) is 13.7. The number of hydrazine groups is 1. The molecule has 1 aliphatic rings. The van der Waals surface area contributed by atoms with Gasteiger partial charge >= 0.3 is 0 Å². The Morgan fingerprint density at radius 3 is 2.84 bits per heavy atom. The van der Waals surface area contributed by atoms with Gasteiger partial charge in [0.05, 0.1) is 7.11 Å². The Morgan fingerprint density at radius 1 is 1.47 bits per heavy atom. The third-order valence-corrected chi connectivity index (χ3v) is 3.75. The van der Waals surface area contributed by atoms with Crippen LogP contribution in [0.1, 0.15) is 18.4 Å². The lowest BCUT2D eigenvalue weighted by Gasteiger charge is -2.30. The molecule has 1 aromatic carbocycles. The molecule has 1 heterocycles. The lowest BCUT2D eigenvalue weighted by Crippen LogP contribution is -2.44. The summed E-state index contributed by atoms with van der Waals surface area (Å²) in [7, 11) is 1.47. The van der Waals surface area contributed by atoms with Gasteiger partial charge in [-0.2, -0.15) is 0 Å². The van der Waals surface area contributed by atoms with Gasteiger partial charge in [0.2, 0.25) is 0 Å². The molecule has 0 spiro atoms.